The normalized spacial score (nSPS) is 22.8. The monoisotopic (exact) mass is 294 g/mol. The second-order valence-electron chi connectivity index (χ2n) is 5.88. The maximum absolute atomic E-state index is 12.2. The number of likely N-dealkylation sites (tertiary alicyclic amines) is 1. The molecule has 1 saturated heterocycles. The van der Waals surface area contributed by atoms with Crippen molar-refractivity contribution >= 4 is 11.9 Å². The molecule has 0 aromatic heterocycles. The molecule has 1 atom stereocenters. The van der Waals surface area contributed by atoms with Crippen LogP contribution in [-0.2, 0) is 9.59 Å². The lowest BCUT2D eigenvalue weighted by molar-refractivity contribution is -0.148. The van der Waals surface area contributed by atoms with E-state index in [0.717, 1.165) is 0 Å². The van der Waals surface area contributed by atoms with E-state index >= 15 is 0 Å². The third kappa shape index (κ3) is 3.76. The molecule has 1 fully saturated rings. The van der Waals surface area contributed by atoms with Gasteiger partial charge in [-0.25, -0.2) is 0 Å². The number of carbonyl (C=O) groups is 2. The van der Waals surface area contributed by atoms with Crippen molar-refractivity contribution in [3.05, 3.63) is 0 Å². The molecule has 0 aromatic carbocycles. The van der Waals surface area contributed by atoms with E-state index in [-0.39, 0.29) is 12.5 Å². The highest BCUT2D eigenvalue weighted by atomic mass is 16.4. The number of aliphatic carboxylic acids is 1. The van der Waals surface area contributed by atoms with Gasteiger partial charge in [0, 0.05) is 6.54 Å². The number of nitrogens with zero attached hydrogens (tertiary/aromatic N) is 1. The minimum atomic E-state index is -0.770. The Labute approximate surface area is 127 Å². The van der Waals surface area contributed by atoms with Crippen molar-refractivity contribution in [1.29, 1.82) is 0 Å². The van der Waals surface area contributed by atoms with E-state index < -0.39 is 16.9 Å². The quantitative estimate of drug-likeness (QED) is 0.698. The SMILES string of the molecule is C#CC(CC)(CC)NC(=O)CN1CCC(CC)(C(=O)O)C1. The number of hydrogen-bond donors (Lipinski definition) is 2. The highest BCUT2D eigenvalue weighted by molar-refractivity contribution is 5.80. The number of carboxylic acids is 1. The molecule has 118 valence electrons. The maximum atomic E-state index is 12.2. The summed E-state index contributed by atoms with van der Waals surface area (Å²) < 4.78 is 0. The van der Waals surface area contributed by atoms with Crippen LogP contribution in [0.4, 0.5) is 0 Å². The van der Waals surface area contributed by atoms with Crippen molar-refractivity contribution in [3.63, 3.8) is 0 Å². The first-order chi connectivity index (χ1) is 9.87. The molecule has 1 aliphatic heterocycles. The van der Waals surface area contributed by atoms with Crippen LogP contribution in [0.5, 0.6) is 0 Å². The largest absolute Gasteiger partial charge is 0.481 e. The molecule has 0 radical (unpaired) electrons. The molecule has 0 saturated carbocycles. The van der Waals surface area contributed by atoms with Crippen LogP contribution in [0.25, 0.3) is 0 Å². The standard InChI is InChI=1S/C16H26N2O3/c1-5-15(14(20)21)9-10-18(12-15)11-13(19)17-16(6-2,7-3)8-4/h2H,5,7-12H2,1,3-4H3,(H,17,19)(H,20,21). The molecule has 5 nitrogen and oxygen atoms in total. The maximum Gasteiger partial charge on any atom is 0.310 e. The molecule has 0 aromatic rings. The predicted molar refractivity (Wildman–Crippen MR) is 81.7 cm³/mol. The Balaban J connectivity index is 2.62. The van der Waals surface area contributed by atoms with Gasteiger partial charge >= 0.3 is 5.97 Å². The molecule has 0 aliphatic carbocycles. The van der Waals surface area contributed by atoms with Crippen LogP contribution in [-0.4, -0.2) is 47.1 Å². The number of carboxylic acid groups (broad SMARTS) is 1. The summed E-state index contributed by atoms with van der Waals surface area (Å²) in [5.41, 5.74) is -1.30. The van der Waals surface area contributed by atoms with Crippen LogP contribution in [0, 0.1) is 17.8 Å². The van der Waals surface area contributed by atoms with Gasteiger partial charge in [0.05, 0.1) is 12.0 Å². The van der Waals surface area contributed by atoms with Crippen LogP contribution in [0.3, 0.4) is 0 Å². The minimum absolute atomic E-state index is 0.131. The summed E-state index contributed by atoms with van der Waals surface area (Å²) in [7, 11) is 0. The fourth-order valence-electron chi connectivity index (χ4n) is 2.88. The Morgan fingerprint density at radius 3 is 2.38 bits per heavy atom. The fraction of sp³-hybridized carbons (Fsp3) is 0.750. The van der Waals surface area contributed by atoms with Gasteiger partial charge in [-0.15, -0.1) is 6.42 Å². The van der Waals surface area contributed by atoms with E-state index in [0.29, 0.717) is 38.8 Å². The van der Waals surface area contributed by atoms with E-state index in [4.69, 9.17) is 6.42 Å². The molecule has 1 amide bonds. The molecule has 0 spiro atoms. The second kappa shape index (κ2) is 6.95. The number of terminal acetylenes is 1. The Bertz CT molecular complexity index is 437. The molecule has 1 rings (SSSR count). The van der Waals surface area contributed by atoms with Crippen LogP contribution in [0.1, 0.15) is 46.5 Å². The zero-order valence-corrected chi connectivity index (χ0v) is 13.2. The molecular formula is C16H26N2O3. The summed E-state index contributed by atoms with van der Waals surface area (Å²) >= 11 is 0. The minimum Gasteiger partial charge on any atom is -0.481 e. The smallest absolute Gasteiger partial charge is 0.310 e. The molecular weight excluding hydrogens is 268 g/mol. The summed E-state index contributed by atoms with van der Waals surface area (Å²) in [6, 6.07) is 0. The summed E-state index contributed by atoms with van der Waals surface area (Å²) in [5.74, 6) is 1.77. The summed E-state index contributed by atoms with van der Waals surface area (Å²) in [5, 5.41) is 12.3. The average Bonchev–Trinajstić information content (AvgIpc) is 2.89. The molecule has 0 bridgehead atoms. The second-order valence-corrected chi connectivity index (χ2v) is 5.88. The zero-order chi connectivity index (χ0) is 16.1. The van der Waals surface area contributed by atoms with E-state index in [1.54, 1.807) is 0 Å². The third-order valence-corrected chi connectivity index (χ3v) is 4.79. The molecule has 1 unspecified atom stereocenters. The first kappa shape index (κ1) is 17.5. The lowest BCUT2D eigenvalue weighted by Crippen LogP contribution is -2.50. The summed E-state index contributed by atoms with van der Waals surface area (Å²) in [6.45, 7) is 7.05. The average molecular weight is 294 g/mol. The Morgan fingerprint density at radius 2 is 2.00 bits per heavy atom. The molecule has 1 aliphatic rings. The van der Waals surface area contributed by atoms with Gasteiger partial charge in [0.15, 0.2) is 0 Å². The molecule has 1 heterocycles. The van der Waals surface area contributed by atoms with Crippen molar-refractivity contribution in [2.45, 2.75) is 52.0 Å². The van der Waals surface area contributed by atoms with Gasteiger partial charge in [-0.2, -0.15) is 0 Å². The Morgan fingerprint density at radius 1 is 1.38 bits per heavy atom. The lowest BCUT2D eigenvalue weighted by atomic mass is 9.84. The molecule has 5 heteroatoms. The number of carbonyl (C=O) groups excluding carboxylic acids is 1. The number of hydrogen-bond acceptors (Lipinski definition) is 3. The highest BCUT2D eigenvalue weighted by Crippen LogP contribution is 2.33. The van der Waals surface area contributed by atoms with Gasteiger partial charge in [0.25, 0.3) is 0 Å². The van der Waals surface area contributed by atoms with Gasteiger partial charge in [0.1, 0.15) is 5.54 Å². The number of nitrogens with one attached hydrogen (secondary N) is 1. The summed E-state index contributed by atoms with van der Waals surface area (Å²) in [4.78, 5) is 25.5. The van der Waals surface area contributed by atoms with E-state index in [9.17, 15) is 14.7 Å². The van der Waals surface area contributed by atoms with Gasteiger partial charge in [-0.1, -0.05) is 26.7 Å². The van der Waals surface area contributed by atoms with Crippen LogP contribution in [0.2, 0.25) is 0 Å². The van der Waals surface area contributed by atoms with Gasteiger partial charge in [-0.05, 0) is 32.2 Å². The third-order valence-electron chi connectivity index (χ3n) is 4.79. The van der Waals surface area contributed by atoms with Crippen molar-refractivity contribution in [1.82, 2.24) is 10.2 Å². The first-order valence-electron chi connectivity index (χ1n) is 7.61. The highest BCUT2D eigenvalue weighted by Gasteiger charge is 2.43. The van der Waals surface area contributed by atoms with E-state index in [2.05, 4.69) is 11.2 Å². The Hall–Kier alpha value is -1.54. The fourth-order valence-corrected chi connectivity index (χ4v) is 2.88. The number of rotatable bonds is 7. The zero-order valence-electron chi connectivity index (χ0n) is 13.2. The molecule has 21 heavy (non-hydrogen) atoms. The van der Waals surface area contributed by atoms with Gasteiger partial charge in [0.2, 0.25) is 5.91 Å². The molecule has 2 N–H and O–H groups in total. The van der Waals surface area contributed by atoms with Gasteiger partial charge in [-0.3, -0.25) is 14.5 Å². The lowest BCUT2D eigenvalue weighted by Gasteiger charge is -2.28. The topological polar surface area (TPSA) is 69.6 Å². The van der Waals surface area contributed by atoms with Gasteiger partial charge < -0.3 is 10.4 Å². The summed E-state index contributed by atoms with van der Waals surface area (Å²) in [6.07, 6.45) is 8.07. The van der Waals surface area contributed by atoms with Crippen LogP contribution >= 0.6 is 0 Å². The van der Waals surface area contributed by atoms with Crippen molar-refractivity contribution in [2.75, 3.05) is 19.6 Å². The van der Waals surface area contributed by atoms with E-state index in [1.165, 1.54) is 0 Å². The van der Waals surface area contributed by atoms with E-state index in [1.807, 2.05) is 25.7 Å². The Kier molecular flexibility index (Phi) is 5.79. The first-order valence-corrected chi connectivity index (χ1v) is 7.61. The van der Waals surface area contributed by atoms with Crippen molar-refractivity contribution in [2.24, 2.45) is 5.41 Å². The predicted octanol–water partition coefficient (Wildman–Crippen LogP) is 1.48. The number of amides is 1. The van der Waals surface area contributed by atoms with Crippen LogP contribution in [0.15, 0.2) is 0 Å². The van der Waals surface area contributed by atoms with Crippen molar-refractivity contribution < 1.29 is 14.7 Å². The van der Waals surface area contributed by atoms with Crippen molar-refractivity contribution in [3.8, 4) is 12.3 Å². The van der Waals surface area contributed by atoms with Crippen LogP contribution < -0.4 is 5.32 Å².